The van der Waals surface area contributed by atoms with Gasteiger partial charge in [0.05, 0.1) is 5.41 Å². The Morgan fingerprint density at radius 2 is 1.28 bits per heavy atom. The maximum absolute atomic E-state index is 2.59. The summed E-state index contributed by atoms with van der Waals surface area (Å²) in [5.41, 5.74) is 18.4. The molecular weight excluding hydrogens is 743 g/mol. The lowest BCUT2D eigenvalue weighted by molar-refractivity contribution is 0.458. The minimum Gasteiger partial charge on any atom is -0.314 e. The molecule has 60 heavy (non-hydrogen) atoms. The number of rotatable bonds is 6. The highest BCUT2D eigenvalue weighted by atomic mass is 32.1. The van der Waals surface area contributed by atoms with Crippen molar-refractivity contribution in [1.29, 1.82) is 0 Å². The molecule has 0 bridgehead atoms. The average Bonchev–Trinajstić information content (AvgIpc) is 3.91. The van der Waals surface area contributed by atoms with Crippen LogP contribution in [0.5, 0.6) is 0 Å². The average molecular weight is 788 g/mol. The lowest BCUT2D eigenvalue weighted by Gasteiger charge is -2.40. The number of anilines is 2. The zero-order valence-corrected chi connectivity index (χ0v) is 34.8. The molecule has 8 aromatic rings. The lowest BCUT2D eigenvalue weighted by atomic mass is 9.62. The highest BCUT2D eigenvalue weighted by Gasteiger charge is 2.50. The molecule has 4 aliphatic carbocycles. The van der Waals surface area contributed by atoms with Gasteiger partial charge in [-0.05, 0) is 117 Å². The molecule has 2 unspecified atom stereocenters. The van der Waals surface area contributed by atoms with Crippen molar-refractivity contribution in [2.45, 2.75) is 43.9 Å². The second-order valence-corrected chi connectivity index (χ2v) is 18.5. The Morgan fingerprint density at radius 3 is 2.07 bits per heavy atom. The number of thiophene rings is 1. The molecule has 2 heteroatoms. The van der Waals surface area contributed by atoms with E-state index in [0.29, 0.717) is 0 Å². The Hall–Kier alpha value is -6.48. The normalized spacial score (nSPS) is 19.4. The van der Waals surface area contributed by atoms with E-state index < -0.39 is 0 Å². The van der Waals surface area contributed by atoms with E-state index >= 15 is 0 Å². The molecule has 0 saturated heterocycles. The standard InChI is InChI=1S/C58H45NS/c1-57(2)50-24-14-12-22-45(50)46-32-30-43(36-52(46)57)59(42-28-26-39(27-29-42)38-16-6-3-7-17-38)44-31-33-49-53(37-44)58(40-18-8-4-9-19-40,41-20-10-5-11-21-41)51-35-34-48-47-23-13-15-25-54(47)60-56(48)55(49)51/h3-20,22-26,28,30-37,41H,21,27,29H2,1-2H3. The Bertz CT molecular complexity index is 3160. The van der Waals surface area contributed by atoms with E-state index in [9.17, 15) is 0 Å². The van der Waals surface area contributed by atoms with Gasteiger partial charge in [0.1, 0.15) is 0 Å². The fourth-order valence-corrected chi connectivity index (χ4v) is 12.6. The quantitative estimate of drug-likeness (QED) is 0.162. The van der Waals surface area contributed by atoms with Gasteiger partial charge in [0.25, 0.3) is 0 Å². The molecule has 0 spiro atoms. The third kappa shape index (κ3) is 5.10. The molecule has 0 fully saturated rings. The Kier molecular flexibility index (Phi) is 7.99. The van der Waals surface area contributed by atoms with Crippen molar-refractivity contribution < 1.29 is 0 Å². The van der Waals surface area contributed by atoms with Crippen LogP contribution in [0.15, 0.2) is 200 Å². The van der Waals surface area contributed by atoms with Gasteiger partial charge in [-0.25, -0.2) is 0 Å². The van der Waals surface area contributed by atoms with Crippen molar-refractivity contribution in [3.63, 3.8) is 0 Å². The van der Waals surface area contributed by atoms with Crippen LogP contribution in [0.4, 0.5) is 11.4 Å². The van der Waals surface area contributed by atoms with E-state index in [1.165, 1.54) is 98.5 Å². The molecule has 0 radical (unpaired) electrons. The summed E-state index contributed by atoms with van der Waals surface area (Å²) < 4.78 is 2.73. The van der Waals surface area contributed by atoms with Crippen molar-refractivity contribution in [3.8, 4) is 22.3 Å². The molecule has 1 nitrogen and oxygen atoms in total. The maximum atomic E-state index is 2.59. The van der Waals surface area contributed by atoms with Gasteiger partial charge in [0.15, 0.2) is 0 Å². The largest absolute Gasteiger partial charge is 0.314 e. The second-order valence-electron chi connectivity index (χ2n) is 17.5. The highest BCUT2D eigenvalue weighted by Crippen LogP contribution is 2.61. The first-order valence-corrected chi connectivity index (χ1v) is 22.3. The summed E-state index contributed by atoms with van der Waals surface area (Å²) in [4.78, 5) is 2.59. The van der Waals surface area contributed by atoms with Crippen LogP contribution in [0, 0.1) is 5.92 Å². The first-order chi connectivity index (χ1) is 29.5. The maximum Gasteiger partial charge on any atom is 0.0530 e. The molecule has 0 saturated carbocycles. The van der Waals surface area contributed by atoms with E-state index in [-0.39, 0.29) is 16.7 Å². The summed E-state index contributed by atoms with van der Waals surface area (Å²) in [5.74, 6) is 0.241. The number of hydrogen-bond acceptors (Lipinski definition) is 2. The van der Waals surface area contributed by atoms with Crippen LogP contribution in [-0.4, -0.2) is 0 Å². The number of hydrogen-bond donors (Lipinski definition) is 0. The molecule has 288 valence electrons. The van der Waals surface area contributed by atoms with E-state index in [1.807, 2.05) is 11.3 Å². The van der Waals surface area contributed by atoms with E-state index in [0.717, 1.165) is 19.3 Å². The van der Waals surface area contributed by atoms with Gasteiger partial charge in [-0.2, -0.15) is 0 Å². The van der Waals surface area contributed by atoms with Gasteiger partial charge in [-0.1, -0.05) is 172 Å². The van der Waals surface area contributed by atoms with Gasteiger partial charge in [0, 0.05) is 48.2 Å². The Balaban J connectivity index is 1.12. The van der Waals surface area contributed by atoms with Crippen molar-refractivity contribution in [3.05, 3.63) is 233 Å². The number of nitrogens with zero attached hydrogens (tertiary/aromatic N) is 1. The molecule has 0 aliphatic heterocycles. The monoisotopic (exact) mass is 787 g/mol. The van der Waals surface area contributed by atoms with Crippen LogP contribution >= 0.6 is 11.3 Å². The molecule has 1 aromatic heterocycles. The molecule has 0 amide bonds. The van der Waals surface area contributed by atoms with E-state index in [1.54, 1.807) is 0 Å². The van der Waals surface area contributed by atoms with Crippen LogP contribution in [0.25, 0.3) is 48.0 Å². The van der Waals surface area contributed by atoms with Gasteiger partial charge >= 0.3 is 0 Å². The summed E-state index contributed by atoms with van der Waals surface area (Å²) in [6.45, 7) is 4.78. The van der Waals surface area contributed by atoms with Crippen LogP contribution in [0.2, 0.25) is 0 Å². The third-order valence-corrected chi connectivity index (χ3v) is 15.3. The smallest absolute Gasteiger partial charge is 0.0530 e. The number of benzene rings is 7. The zero-order chi connectivity index (χ0) is 40.0. The predicted octanol–water partition coefficient (Wildman–Crippen LogP) is 15.7. The van der Waals surface area contributed by atoms with Crippen molar-refractivity contribution in [1.82, 2.24) is 0 Å². The number of fused-ring (bicyclic) bond motifs is 10. The number of allylic oxidation sites excluding steroid dienone is 8. The molecule has 12 rings (SSSR count). The molecular formula is C58H45NS. The second kappa shape index (κ2) is 13.5. The van der Waals surface area contributed by atoms with Crippen LogP contribution in [0.1, 0.15) is 66.5 Å². The first kappa shape index (κ1) is 35.5. The predicted molar refractivity (Wildman–Crippen MR) is 255 cm³/mol. The molecule has 1 heterocycles. The van der Waals surface area contributed by atoms with Crippen LogP contribution < -0.4 is 4.90 Å². The minimum atomic E-state index is -0.387. The Labute approximate surface area is 357 Å². The molecule has 2 atom stereocenters. The van der Waals surface area contributed by atoms with Crippen molar-refractivity contribution >= 4 is 48.5 Å². The SMILES string of the molecule is CC1(C)c2ccccc2-c2ccc(N(C3=CC=C(c4ccccc4)CC3)c3ccc4c(c3)C(c3ccccc3)(C3C=CC=CC3)c3ccc5c(sc6ccccc65)c3-4)cc21. The molecule has 7 aromatic carbocycles. The van der Waals surface area contributed by atoms with Gasteiger partial charge in [-0.15, -0.1) is 11.3 Å². The zero-order valence-electron chi connectivity index (χ0n) is 34.0. The fourth-order valence-electron chi connectivity index (χ4n) is 11.3. The lowest BCUT2D eigenvalue weighted by Crippen LogP contribution is -2.35. The first-order valence-electron chi connectivity index (χ1n) is 21.5. The van der Waals surface area contributed by atoms with Crippen LogP contribution in [0.3, 0.4) is 0 Å². The van der Waals surface area contributed by atoms with Crippen molar-refractivity contribution in [2.24, 2.45) is 5.92 Å². The summed E-state index contributed by atoms with van der Waals surface area (Å²) >= 11 is 1.95. The van der Waals surface area contributed by atoms with Crippen LogP contribution in [-0.2, 0) is 10.8 Å². The van der Waals surface area contributed by atoms with Gasteiger partial charge in [-0.3, -0.25) is 0 Å². The molecule has 4 aliphatic rings. The molecule has 0 N–H and O–H groups in total. The van der Waals surface area contributed by atoms with E-state index in [2.05, 4.69) is 213 Å². The van der Waals surface area contributed by atoms with Gasteiger partial charge in [0.2, 0.25) is 0 Å². The summed E-state index contributed by atoms with van der Waals surface area (Å²) in [7, 11) is 0. The fraction of sp³-hybridized carbons (Fsp3) is 0.138. The highest BCUT2D eigenvalue weighted by molar-refractivity contribution is 7.26. The van der Waals surface area contributed by atoms with Gasteiger partial charge < -0.3 is 4.90 Å². The minimum absolute atomic E-state index is 0.104. The summed E-state index contributed by atoms with van der Waals surface area (Å²) in [5, 5.41) is 2.69. The summed E-state index contributed by atoms with van der Waals surface area (Å²) in [6, 6.07) is 59.8. The third-order valence-electron chi connectivity index (χ3n) is 14.1. The topological polar surface area (TPSA) is 3.24 Å². The van der Waals surface area contributed by atoms with E-state index in [4.69, 9.17) is 0 Å². The Morgan fingerprint density at radius 1 is 0.567 bits per heavy atom. The van der Waals surface area contributed by atoms with Crippen molar-refractivity contribution in [2.75, 3.05) is 4.90 Å². The summed E-state index contributed by atoms with van der Waals surface area (Å²) in [6.07, 6.45) is 17.0.